The monoisotopic (exact) mass is 268 g/mol. The highest BCUT2D eigenvalue weighted by Gasteiger charge is 2.09. The zero-order valence-corrected chi connectivity index (χ0v) is 11.8. The summed E-state index contributed by atoms with van der Waals surface area (Å²) in [7, 11) is 1.55. The normalized spacial score (nSPS) is 11.9. The number of nitrogen functional groups attached to an aromatic ring is 1. The zero-order valence-electron chi connectivity index (χ0n) is 11.0. The van der Waals surface area contributed by atoms with Gasteiger partial charge in [0.15, 0.2) is 0 Å². The molecule has 1 rings (SSSR count). The standard InChI is InChI=1S/C13H20N2O2S/c1-4-9(2)18-8-13(16)15-11-6-5-10(14)7-12(11)17-3/h5-7,9H,4,8,14H2,1-3H3,(H,15,16). The van der Waals surface area contributed by atoms with Crippen LogP contribution in [0.5, 0.6) is 5.75 Å². The van der Waals surface area contributed by atoms with Gasteiger partial charge in [0, 0.05) is 17.0 Å². The molecule has 0 saturated carbocycles. The summed E-state index contributed by atoms with van der Waals surface area (Å²) in [6, 6.07) is 5.18. The molecule has 0 aliphatic rings. The van der Waals surface area contributed by atoms with Gasteiger partial charge in [0.2, 0.25) is 5.91 Å². The van der Waals surface area contributed by atoms with E-state index >= 15 is 0 Å². The first kappa shape index (κ1) is 14.7. The third-order valence-electron chi connectivity index (χ3n) is 2.57. The maximum Gasteiger partial charge on any atom is 0.234 e. The van der Waals surface area contributed by atoms with Gasteiger partial charge in [-0.25, -0.2) is 0 Å². The zero-order chi connectivity index (χ0) is 13.5. The van der Waals surface area contributed by atoms with Gasteiger partial charge in [0.05, 0.1) is 18.6 Å². The Balaban J connectivity index is 2.59. The van der Waals surface area contributed by atoms with Gasteiger partial charge in [-0.3, -0.25) is 4.79 Å². The number of ether oxygens (including phenoxy) is 1. The number of benzene rings is 1. The van der Waals surface area contributed by atoms with E-state index in [2.05, 4.69) is 19.2 Å². The number of nitrogens with one attached hydrogen (secondary N) is 1. The second kappa shape index (κ2) is 7.16. The lowest BCUT2D eigenvalue weighted by Gasteiger charge is -2.12. The van der Waals surface area contributed by atoms with E-state index in [1.165, 1.54) is 0 Å². The molecule has 4 nitrogen and oxygen atoms in total. The molecule has 0 fully saturated rings. The lowest BCUT2D eigenvalue weighted by atomic mass is 10.2. The van der Waals surface area contributed by atoms with Crippen LogP contribution in [0.4, 0.5) is 11.4 Å². The number of nitrogens with two attached hydrogens (primary N) is 1. The molecule has 1 aromatic carbocycles. The van der Waals surface area contributed by atoms with E-state index in [0.717, 1.165) is 6.42 Å². The van der Waals surface area contributed by atoms with Gasteiger partial charge in [0.1, 0.15) is 5.75 Å². The number of hydrogen-bond acceptors (Lipinski definition) is 4. The fraction of sp³-hybridized carbons (Fsp3) is 0.462. The van der Waals surface area contributed by atoms with Crippen LogP contribution in [0.2, 0.25) is 0 Å². The molecule has 18 heavy (non-hydrogen) atoms. The molecule has 3 N–H and O–H groups in total. The number of rotatable bonds is 6. The number of carbonyl (C=O) groups excluding carboxylic acids is 1. The van der Waals surface area contributed by atoms with Crippen molar-refractivity contribution >= 4 is 29.0 Å². The number of methoxy groups -OCH3 is 1. The Kier molecular flexibility index (Phi) is 5.85. The largest absolute Gasteiger partial charge is 0.494 e. The predicted molar refractivity (Wildman–Crippen MR) is 78.2 cm³/mol. The van der Waals surface area contributed by atoms with Crippen LogP contribution in [0, 0.1) is 0 Å². The lowest BCUT2D eigenvalue weighted by molar-refractivity contribution is -0.113. The summed E-state index contributed by atoms with van der Waals surface area (Å²) in [6.45, 7) is 4.22. The summed E-state index contributed by atoms with van der Waals surface area (Å²) in [5.74, 6) is 1.00. The first-order valence-corrected chi connectivity index (χ1v) is 6.96. The minimum atomic E-state index is -0.0247. The Bertz CT molecular complexity index is 410. The van der Waals surface area contributed by atoms with E-state index in [9.17, 15) is 4.79 Å². The molecule has 0 aliphatic carbocycles. The molecular formula is C13H20N2O2S. The Hall–Kier alpha value is -1.36. The maximum absolute atomic E-state index is 11.8. The van der Waals surface area contributed by atoms with Gasteiger partial charge in [0.25, 0.3) is 0 Å². The third-order valence-corrected chi connectivity index (χ3v) is 3.90. The molecule has 0 radical (unpaired) electrons. The first-order valence-electron chi connectivity index (χ1n) is 5.91. The topological polar surface area (TPSA) is 64.4 Å². The fourth-order valence-corrected chi connectivity index (χ4v) is 2.08. The van der Waals surface area contributed by atoms with Crippen molar-refractivity contribution in [3.63, 3.8) is 0 Å². The molecule has 0 spiro atoms. The first-order chi connectivity index (χ1) is 8.56. The summed E-state index contributed by atoms with van der Waals surface area (Å²) in [6.07, 6.45) is 1.06. The minimum absolute atomic E-state index is 0.0247. The van der Waals surface area contributed by atoms with Crippen molar-refractivity contribution < 1.29 is 9.53 Å². The lowest BCUT2D eigenvalue weighted by Crippen LogP contribution is -2.16. The van der Waals surface area contributed by atoms with Crippen molar-refractivity contribution in [2.45, 2.75) is 25.5 Å². The summed E-state index contributed by atoms with van der Waals surface area (Å²) in [4.78, 5) is 11.8. The number of amides is 1. The smallest absolute Gasteiger partial charge is 0.234 e. The second-order valence-electron chi connectivity index (χ2n) is 4.04. The highest BCUT2D eigenvalue weighted by Crippen LogP contribution is 2.26. The quantitative estimate of drug-likeness (QED) is 0.779. The van der Waals surface area contributed by atoms with Crippen LogP contribution in [0.1, 0.15) is 20.3 Å². The molecule has 0 aliphatic heterocycles. The Morgan fingerprint density at radius 2 is 2.28 bits per heavy atom. The molecule has 1 atom stereocenters. The molecule has 1 amide bonds. The van der Waals surface area contributed by atoms with Crippen molar-refractivity contribution in [1.82, 2.24) is 0 Å². The van der Waals surface area contributed by atoms with E-state index in [-0.39, 0.29) is 5.91 Å². The summed E-state index contributed by atoms with van der Waals surface area (Å²) < 4.78 is 5.17. The van der Waals surface area contributed by atoms with E-state index in [0.29, 0.717) is 28.1 Å². The van der Waals surface area contributed by atoms with Gasteiger partial charge in [-0.2, -0.15) is 0 Å². The molecule has 0 aromatic heterocycles. The second-order valence-corrected chi connectivity index (χ2v) is 5.46. The van der Waals surface area contributed by atoms with Crippen LogP contribution in [0.25, 0.3) is 0 Å². The Morgan fingerprint density at radius 1 is 1.56 bits per heavy atom. The molecule has 1 unspecified atom stereocenters. The molecule has 0 bridgehead atoms. The molecule has 0 saturated heterocycles. The van der Waals surface area contributed by atoms with Crippen molar-refractivity contribution in [2.24, 2.45) is 0 Å². The number of thioether (sulfide) groups is 1. The van der Waals surface area contributed by atoms with Crippen molar-refractivity contribution in [3.05, 3.63) is 18.2 Å². The van der Waals surface area contributed by atoms with Crippen LogP contribution in [-0.4, -0.2) is 24.0 Å². The van der Waals surface area contributed by atoms with E-state index < -0.39 is 0 Å². The van der Waals surface area contributed by atoms with Gasteiger partial charge in [-0.1, -0.05) is 13.8 Å². The highest BCUT2D eigenvalue weighted by molar-refractivity contribution is 8.00. The van der Waals surface area contributed by atoms with Gasteiger partial charge >= 0.3 is 0 Å². The SMILES string of the molecule is CCC(C)SCC(=O)Nc1ccc(N)cc1OC. The van der Waals surface area contributed by atoms with Gasteiger partial charge in [-0.05, 0) is 18.6 Å². The molecule has 0 heterocycles. The van der Waals surface area contributed by atoms with Gasteiger partial charge in [-0.15, -0.1) is 11.8 Å². The van der Waals surface area contributed by atoms with Gasteiger partial charge < -0.3 is 15.8 Å². The number of hydrogen-bond donors (Lipinski definition) is 2. The molecule has 5 heteroatoms. The van der Waals surface area contributed by atoms with E-state index in [1.807, 2.05) is 0 Å². The highest BCUT2D eigenvalue weighted by atomic mass is 32.2. The van der Waals surface area contributed by atoms with E-state index in [4.69, 9.17) is 10.5 Å². The molecule has 100 valence electrons. The third kappa shape index (κ3) is 4.49. The average molecular weight is 268 g/mol. The fourth-order valence-electron chi connectivity index (χ4n) is 1.33. The summed E-state index contributed by atoms with van der Waals surface area (Å²) in [5.41, 5.74) is 6.92. The number of carbonyl (C=O) groups is 1. The Morgan fingerprint density at radius 3 is 2.89 bits per heavy atom. The van der Waals surface area contributed by atoms with Crippen molar-refractivity contribution in [1.29, 1.82) is 0 Å². The average Bonchev–Trinajstić information content (AvgIpc) is 2.37. The summed E-state index contributed by atoms with van der Waals surface area (Å²) >= 11 is 1.64. The van der Waals surface area contributed by atoms with Crippen LogP contribution in [-0.2, 0) is 4.79 Å². The van der Waals surface area contributed by atoms with Crippen molar-refractivity contribution in [2.75, 3.05) is 23.9 Å². The van der Waals surface area contributed by atoms with Crippen LogP contribution < -0.4 is 15.8 Å². The molecular weight excluding hydrogens is 248 g/mol. The maximum atomic E-state index is 11.8. The van der Waals surface area contributed by atoms with Crippen LogP contribution in [0.15, 0.2) is 18.2 Å². The van der Waals surface area contributed by atoms with E-state index in [1.54, 1.807) is 37.1 Å². The van der Waals surface area contributed by atoms with Crippen molar-refractivity contribution in [3.8, 4) is 5.75 Å². The summed E-state index contributed by atoms with van der Waals surface area (Å²) in [5, 5.41) is 3.32. The minimum Gasteiger partial charge on any atom is -0.494 e. The van der Waals surface area contributed by atoms with Crippen LogP contribution >= 0.6 is 11.8 Å². The van der Waals surface area contributed by atoms with Crippen LogP contribution in [0.3, 0.4) is 0 Å². The predicted octanol–water partition coefficient (Wildman–Crippen LogP) is 2.75. The molecule has 1 aromatic rings. The number of anilines is 2. The Labute approximate surface area is 112 Å².